The molecular formula is C30H48O4. The van der Waals surface area contributed by atoms with Crippen molar-refractivity contribution in [2.24, 2.45) is 40.4 Å². The Morgan fingerprint density at radius 3 is 2.74 bits per heavy atom. The van der Waals surface area contributed by atoms with Crippen LogP contribution in [0.25, 0.3) is 0 Å². The number of esters is 1. The van der Waals surface area contributed by atoms with Crippen LogP contribution in [0.3, 0.4) is 0 Å². The maximum absolute atomic E-state index is 11.7. The van der Waals surface area contributed by atoms with Gasteiger partial charge in [-0.25, -0.2) is 0 Å². The van der Waals surface area contributed by atoms with Gasteiger partial charge in [0.15, 0.2) is 6.29 Å². The van der Waals surface area contributed by atoms with Gasteiger partial charge < -0.3 is 14.2 Å². The molecule has 4 aliphatic carbocycles. The minimum atomic E-state index is -0.0530. The Kier molecular flexibility index (Phi) is 7.21. The topological polar surface area (TPSA) is 44.8 Å². The molecule has 3 saturated carbocycles. The van der Waals surface area contributed by atoms with E-state index in [1.54, 1.807) is 5.57 Å². The zero-order valence-corrected chi connectivity index (χ0v) is 22.2. The first-order valence-corrected chi connectivity index (χ1v) is 14.4. The number of carbonyl (C=O) groups excluding carboxylic acids is 1. The van der Waals surface area contributed by atoms with E-state index in [1.807, 2.05) is 0 Å². The summed E-state index contributed by atoms with van der Waals surface area (Å²) in [4.78, 5) is 11.7. The Morgan fingerprint density at radius 1 is 1.12 bits per heavy atom. The van der Waals surface area contributed by atoms with Gasteiger partial charge in [0.25, 0.3) is 0 Å². The van der Waals surface area contributed by atoms with Gasteiger partial charge >= 0.3 is 5.97 Å². The summed E-state index contributed by atoms with van der Waals surface area (Å²) < 4.78 is 17.2. The average Bonchev–Trinajstić information content (AvgIpc) is 3.20. The van der Waals surface area contributed by atoms with Crippen molar-refractivity contribution in [3.05, 3.63) is 11.6 Å². The predicted molar refractivity (Wildman–Crippen MR) is 134 cm³/mol. The molecule has 1 unspecified atom stereocenters. The molecule has 0 bridgehead atoms. The van der Waals surface area contributed by atoms with E-state index in [4.69, 9.17) is 14.2 Å². The molecule has 0 amide bonds. The van der Waals surface area contributed by atoms with Crippen molar-refractivity contribution in [1.82, 2.24) is 0 Å². The van der Waals surface area contributed by atoms with Crippen LogP contribution in [-0.4, -0.2) is 32.1 Å². The van der Waals surface area contributed by atoms with Gasteiger partial charge in [0.05, 0.1) is 13.2 Å². The molecule has 5 aliphatic rings. The summed E-state index contributed by atoms with van der Waals surface area (Å²) >= 11 is 0. The van der Waals surface area contributed by atoms with Gasteiger partial charge in [-0.2, -0.15) is 0 Å². The second-order valence-corrected chi connectivity index (χ2v) is 12.9. The lowest BCUT2D eigenvalue weighted by molar-refractivity contribution is -0.195. The molecule has 0 aromatic carbocycles. The van der Waals surface area contributed by atoms with Crippen LogP contribution in [-0.2, 0) is 19.0 Å². The van der Waals surface area contributed by atoms with Crippen LogP contribution in [0, 0.1) is 40.4 Å². The fraction of sp³-hybridized carbons (Fsp3) is 0.900. The van der Waals surface area contributed by atoms with Crippen LogP contribution >= 0.6 is 0 Å². The van der Waals surface area contributed by atoms with Crippen molar-refractivity contribution in [3.63, 3.8) is 0 Å². The lowest BCUT2D eigenvalue weighted by atomic mass is 9.47. The summed E-state index contributed by atoms with van der Waals surface area (Å²) in [6, 6.07) is 0. The van der Waals surface area contributed by atoms with E-state index in [0.717, 1.165) is 49.5 Å². The molecule has 34 heavy (non-hydrogen) atoms. The lowest BCUT2D eigenvalue weighted by Gasteiger charge is -2.58. The van der Waals surface area contributed by atoms with Crippen molar-refractivity contribution >= 4 is 5.97 Å². The second kappa shape index (κ2) is 9.88. The van der Waals surface area contributed by atoms with Gasteiger partial charge in [0, 0.05) is 13.0 Å². The molecule has 9 atom stereocenters. The minimum Gasteiger partial charge on any atom is -0.469 e. The molecule has 0 radical (unpaired) electrons. The Bertz CT molecular complexity index is 770. The summed E-state index contributed by atoms with van der Waals surface area (Å²) in [7, 11) is 1.51. The third-order valence-electron chi connectivity index (χ3n) is 11.3. The Morgan fingerprint density at radius 2 is 1.97 bits per heavy atom. The SMILES string of the molecule is COC(=O)CC[C@@H](C)[C@H]1CC[C@H]2[C@@H]3CC=C4C[C@@H](OC5CCCCO5)CC[C@]4(C)[C@H]3CC[C@]12C. The van der Waals surface area contributed by atoms with Crippen molar-refractivity contribution < 1.29 is 19.0 Å². The maximum atomic E-state index is 11.7. The fourth-order valence-electron chi connectivity index (χ4n) is 9.40. The van der Waals surface area contributed by atoms with E-state index in [9.17, 15) is 4.79 Å². The highest BCUT2D eigenvalue weighted by molar-refractivity contribution is 5.69. The van der Waals surface area contributed by atoms with Crippen LogP contribution in [0.1, 0.15) is 104 Å². The third-order valence-corrected chi connectivity index (χ3v) is 11.3. The molecule has 0 aromatic rings. The first kappa shape index (κ1) is 24.8. The number of hydrogen-bond donors (Lipinski definition) is 0. The van der Waals surface area contributed by atoms with Crippen LogP contribution < -0.4 is 0 Å². The highest BCUT2D eigenvalue weighted by Crippen LogP contribution is 2.67. The fourth-order valence-corrected chi connectivity index (χ4v) is 9.40. The molecular weight excluding hydrogens is 424 g/mol. The van der Waals surface area contributed by atoms with E-state index in [-0.39, 0.29) is 12.3 Å². The normalized spacial score (nSPS) is 44.9. The number of ether oxygens (including phenoxy) is 3. The zero-order chi connectivity index (χ0) is 23.9. The first-order valence-electron chi connectivity index (χ1n) is 14.4. The minimum absolute atomic E-state index is 0.0343. The molecule has 1 aliphatic heterocycles. The van der Waals surface area contributed by atoms with Crippen molar-refractivity contribution in [1.29, 1.82) is 0 Å². The summed E-state index contributed by atoms with van der Waals surface area (Å²) in [5.41, 5.74) is 2.51. The van der Waals surface area contributed by atoms with Crippen molar-refractivity contribution in [2.45, 2.75) is 117 Å². The zero-order valence-electron chi connectivity index (χ0n) is 22.2. The molecule has 192 valence electrons. The van der Waals surface area contributed by atoms with E-state index in [1.165, 1.54) is 64.9 Å². The molecule has 0 N–H and O–H groups in total. The summed E-state index contributed by atoms with van der Waals surface area (Å²) in [5, 5.41) is 0. The van der Waals surface area contributed by atoms with Crippen molar-refractivity contribution in [3.8, 4) is 0 Å². The predicted octanol–water partition coefficient (Wildman–Crippen LogP) is 7.07. The number of fused-ring (bicyclic) bond motifs is 5. The van der Waals surface area contributed by atoms with Crippen LogP contribution in [0.15, 0.2) is 11.6 Å². The molecule has 4 fully saturated rings. The monoisotopic (exact) mass is 472 g/mol. The molecule has 4 heteroatoms. The second-order valence-electron chi connectivity index (χ2n) is 12.9. The van der Waals surface area contributed by atoms with Gasteiger partial charge in [-0.05, 0) is 117 Å². The number of allylic oxidation sites excluding steroid dienone is 1. The largest absolute Gasteiger partial charge is 0.469 e. The van der Waals surface area contributed by atoms with Crippen LogP contribution in [0.4, 0.5) is 0 Å². The lowest BCUT2D eigenvalue weighted by Crippen LogP contribution is -2.51. The Labute approximate surface area is 207 Å². The van der Waals surface area contributed by atoms with Gasteiger partial charge in [0.2, 0.25) is 0 Å². The van der Waals surface area contributed by atoms with E-state index < -0.39 is 0 Å². The molecule has 5 rings (SSSR count). The third kappa shape index (κ3) is 4.40. The maximum Gasteiger partial charge on any atom is 0.305 e. The van der Waals surface area contributed by atoms with Gasteiger partial charge in [-0.15, -0.1) is 0 Å². The molecule has 0 aromatic heterocycles. The van der Waals surface area contributed by atoms with E-state index in [0.29, 0.717) is 29.3 Å². The highest BCUT2D eigenvalue weighted by Gasteiger charge is 2.59. The Balaban J connectivity index is 1.26. The number of methoxy groups -OCH3 is 1. The first-order chi connectivity index (χ1) is 16.3. The smallest absolute Gasteiger partial charge is 0.305 e. The van der Waals surface area contributed by atoms with Gasteiger partial charge in [-0.1, -0.05) is 32.4 Å². The number of carbonyl (C=O) groups is 1. The van der Waals surface area contributed by atoms with Crippen molar-refractivity contribution in [2.75, 3.05) is 13.7 Å². The van der Waals surface area contributed by atoms with E-state index >= 15 is 0 Å². The highest BCUT2D eigenvalue weighted by atomic mass is 16.7. The molecule has 1 heterocycles. The molecule has 4 nitrogen and oxygen atoms in total. The van der Waals surface area contributed by atoms with Crippen LogP contribution in [0.2, 0.25) is 0 Å². The van der Waals surface area contributed by atoms with E-state index in [2.05, 4.69) is 26.8 Å². The summed E-state index contributed by atoms with van der Waals surface area (Å²) in [5.74, 6) is 3.82. The standard InChI is InChI=1S/C30H48O4/c1-20(8-13-27(31)32-4)24-11-12-25-23-10-9-21-19-22(34-28-7-5-6-18-33-28)14-16-29(21,2)26(23)15-17-30(24,25)3/h9,20,22-26,28H,5-8,10-19H2,1-4H3/t20-,22+,23+,24-,25+,26+,28?,29+,30-/m1/s1. The Hall–Kier alpha value is -0.870. The van der Waals surface area contributed by atoms with Gasteiger partial charge in [0.1, 0.15) is 0 Å². The quantitative estimate of drug-likeness (QED) is 0.306. The van der Waals surface area contributed by atoms with Gasteiger partial charge in [-0.3, -0.25) is 4.79 Å². The molecule has 1 saturated heterocycles. The molecule has 0 spiro atoms. The summed E-state index contributed by atoms with van der Waals surface area (Å²) in [6.45, 7) is 8.46. The number of hydrogen-bond acceptors (Lipinski definition) is 4. The van der Waals surface area contributed by atoms with Crippen LogP contribution in [0.5, 0.6) is 0 Å². The average molecular weight is 473 g/mol. The summed E-state index contributed by atoms with van der Waals surface area (Å²) in [6.07, 6.45) is 18.4. The number of rotatable bonds is 6.